The van der Waals surface area contributed by atoms with Crippen LogP contribution < -0.4 is 31.9 Å². The summed E-state index contributed by atoms with van der Waals surface area (Å²) in [4.78, 5) is 0. The van der Waals surface area contributed by atoms with Gasteiger partial charge < -0.3 is 31.9 Å². The predicted octanol–water partition coefficient (Wildman–Crippen LogP) is 2.32. The molecule has 0 bridgehead atoms. The summed E-state index contributed by atoms with van der Waals surface area (Å²) < 4.78 is 0. The van der Waals surface area contributed by atoms with Gasteiger partial charge in [-0.25, -0.2) is 0 Å². The standard InChI is InChI=1S/C22H46N6.2ClH.Mn/c1-23-12-6-7-18-17-28-22-11-5-4-10-21(22)27-16-15-26-20-9-3-2-8-19(20)25-14-13-24-18;;;/h18-28H,2-17H2,1H3;2*1H;/q;;;+2/p-2/t18-,19+,20+,21+,22+;;;/m0.../s1. The van der Waals surface area contributed by atoms with E-state index in [0.717, 1.165) is 39.3 Å². The Morgan fingerprint density at radius 3 is 1.58 bits per heavy atom. The molecule has 5 atom stereocenters. The van der Waals surface area contributed by atoms with E-state index in [1.807, 2.05) is 0 Å². The molecule has 0 spiro atoms. The number of hydrogen-bond acceptors (Lipinski definition) is 6. The zero-order chi connectivity index (χ0) is 22.2. The molecule has 0 aromatic carbocycles. The molecule has 9 heteroatoms. The van der Waals surface area contributed by atoms with Gasteiger partial charge in [-0.2, -0.15) is 0 Å². The van der Waals surface area contributed by atoms with Gasteiger partial charge >= 0.3 is 33.3 Å². The molecule has 31 heavy (non-hydrogen) atoms. The maximum absolute atomic E-state index is 4.80. The molecule has 2 aliphatic carbocycles. The molecule has 3 fully saturated rings. The van der Waals surface area contributed by atoms with Crippen molar-refractivity contribution in [1.29, 1.82) is 0 Å². The van der Waals surface area contributed by atoms with Crippen LogP contribution in [-0.4, -0.2) is 76.5 Å². The minimum absolute atomic E-state index is 0.00694. The van der Waals surface area contributed by atoms with E-state index >= 15 is 0 Å². The van der Waals surface area contributed by atoms with Crippen LogP contribution >= 0.6 is 20.2 Å². The van der Waals surface area contributed by atoms with E-state index in [-0.39, 0.29) is 13.1 Å². The van der Waals surface area contributed by atoms with E-state index in [1.54, 1.807) is 0 Å². The van der Waals surface area contributed by atoms with Crippen molar-refractivity contribution in [2.75, 3.05) is 46.3 Å². The van der Waals surface area contributed by atoms with E-state index in [2.05, 4.69) is 38.9 Å². The van der Waals surface area contributed by atoms with Crippen molar-refractivity contribution >= 4 is 20.2 Å². The number of halogens is 2. The summed E-state index contributed by atoms with van der Waals surface area (Å²) in [5.41, 5.74) is 0. The molecule has 2 saturated carbocycles. The first-order valence-electron chi connectivity index (χ1n) is 12.5. The number of nitrogens with one attached hydrogen (secondary N) is 6. The van der Waals surface area contributed by atoms with Gasteiger partial charge in [0.1, 0.15) is 0 Å². The first-order chi connectivity index (χ1) is 15.3. The van der Waals surface area contributed by atoms with Crippen LogP contribution in [0.3, 0.4) is 0 Å². The second kappa shape index (κ2) is 18.2. The SMILES string of the molecule is CNCCC[C@H]1CN[C@@H]2CCCC[C@H]2NCCN[C@@H]2CCCC[C@H]2NCCN1.[Cl][Mn][Cl]. The summed E-state index contributed by atoms with van der Waals surface area (Å²) in [7, 11) is 11.6. The summed E-state index contributed by atoms with van der Waals surface area (Å²) in [6, 6.07) is 3.13. The van der Waals surface area contributed by atoms with Gasteiger partial charge in [-0.3, -0.25) is 0 Å². The molecule has 0 aromatic heterocycles. The number of fused-ring (bicyclic) bond motifs is 2. The fraction of sp³-hybridized carbons (Fsp3) is 1.00. The van der Waals surface area contributed by atoms with Gasteiger partial charge in [0.2, 0.25) is 0 Å². The van der Waals surface area contributed by atoms with Crippen molar-refractivity contribution in [3.05, 3.63) is 0 Å². The first-order valence-corrected chi connectivity index (χ1v) is 15.7. The van der Waals surface area contributed by atoms with Crippen LogP contribution in [0.5, 0.6) is 0 Å². The van der Waals surface area contributed by atoms with Gasteiger partial charge in [-0.05, 0) is 52.1 Å². The van der Waals surface area contributed by atoms with Gasteiger partial charge in [0.15, 0.2) is 0 Å². The Hall–Kier alpha value is 0.859. The molecule has 1 aliphatic heterocycles. The van der Waals surface area contributed by atoms with Crippen LogP contribution in [0.4, 0.5) is 0 Å². The topological polar surface area (TPSA) is 72.2 Å². The van der Waals surface area contributed by atoms with E-state index in [9.17, 15) is 0 Å². The molecular weight excluding hydrogens is 474 g/mol. The second-order valence-corrected chi connectivity index (χ2v) is 11.2. The molecule has 6 nitrogen and oxygen atoms in total. The molecule has 6 N–H and O–H groups in total. The zero-order valence-corrected chi connectivity index (χ0v) is 22.0. The first kappa shape index (κ1) is 28.1. The molecule has 0 amide bonds. The Kier molecular flexibility index (Phi) is 16.5. The quantitative estimate of drug-likeness (QED) is 0.253. The normalized spacial score (nSPS) is 33.6. The molecule has 0 radical (unpaired) electrons. The van der Waals surface area contributed by atoms with Gasteiger partial charge in [-0.15, -0.1) is 0 Å². The summed E-state index contributed by atoms with van der Waals surface area (Å²) in [5.74, 6) is 0. The predicted molar refractivity (Wildman–Crippen MR) is 131 cm³/mol. The van der Waals surface area contributed by atoms with Crippen LogP contribution in [-0.2, 0) is 13.1 Å². The third kappa shape index (κ3) is 11.7. The van der Waals surface area contributed by atoms with Crippen molar-refractivity contribution in [3.8, 4) is 0 Å². The minimum atomic E-state index is 0.00694. The monoisotopic (exact) mass is 519 g/mol. The van der Waals surface area contributed by atoms with Gasteiger partial charge in [0.25, 0.3) is 0 Å². The Labute approximate surface area is 205 Å². The Morgan fingerprint density at radius 1 is 0.710 bits per heavy atom. The molecule has 0 unspecified atom stereocenters. The molecule has 3 rings (SSSR count). The molecule has 1 heterocycles. The van der Waals surface area contributed by atoms with E-state index < -0.39 is 0 Å². The molecule has 185 valence electrons. The summed E-state index contributed by atoms with van der Waals surface area (Å²) in [6.07, 6.45) is 13.3. The second-order valence-electron chi connectivity index (χ2n) is 9.22. The molecular formula is C22H46Cl2MnN6. The average Bonchev–Trinajstić information content (AvgIpc) is 2.79. The Morgan fingerprint density at radius 2 is 1.13 bits per heavy atom. The van der Waals surface area contributed by atoms with Crippen LogP contribution in [0.15, 0.2) is 0 Å². The summed E-state index contributed by atoms with van der Waals surface area (Å²) >= 11 is 0.00694. The summed E-state index contributed by atoms with van der Waals surface area (Å²) in [5, 5.41) is 22.7. The number of hydrogen-bond donors (Lipinski definition) is 6. The third-order valence-corrected chi connectivity index (χ3v) is 7.04. The van der Waals surface area contributed by atoms with Crippen LogP contribution in [0.2, 0.25) is 0 Å². The molecule has 1 saturated heterocycles. The summed E-state index contributed by atoms with van der Waals surface area (Å²) in [6.45, 7) is 6.54. The van der Waals surface area contributed by atoms with Crippen LogP contribution in [0, 0.1) is 0 Å². The van der Waals surface area contributed by atoms with E-state index in [0.29, 0.717) is 30.2 Å². The fourth-order valence-electron chi connectivity index (χ4n) is 5.38. The van der Waals surface area contributed by atoms with Crippen LogP contribution in [0.25, 0.3) is 0 Å². The van der Waals surface area contributed by atoms with Crippen molar-refractivity contribution in [2.45, 2.75) is 94.4 Å². The van der Waals surface area contributed by atoms with E-state index in [4.69, 9.17) is 20.2 Å². The van der Waals surface area contributed by atoms with Crippen LogP contribution in [0.1, 0.15) is 64.2 Å². The fourth-order valence-corrected chi connectivity index (χ4v) is 5.38. The van der Waals surface area contributed by atoms with Crippen molar-refractivity contribution < 1.29 is 13.1 Å². The average molecular weight is 520 g/mol. The Bertz CT molecular complexity index is 437. The zero-order valence-electron chi connectivity index (χ0n) is 19.3. The van der Waals surface area contributed by atoms with E-state index in [1.165, 1.54) is 64.2 Å². The Balaban J connectivity index is 0.00000107. The van der Waals surface area contributed by atoms with Crippen molar-refractivity contribution in [2.24, 2.45) is 0 Å². The number of rotatable bonds is 4. The molecule has 3 aliphatic rings. The maximum atomic E-state index is 4.80. The molecule has 0 aromatic rings. The van der Waals surface area contributed by atoms with Crippen molar-refractivity contribution in [1.82, 2.24) is 31.9 Å². The van der Waals surface area contributed by atoms with Crippen molar-refractivity contribution in [3.63, 3.8) is 0 Å². The van der Waals surface area contributed by atoms with Gasteiger partial charge in [0.05, 0.1) is 0 Å². The van der Waals surface area contributed by atoms with Gasteiger partial charge in [-0.1, -0.05) is 25.7 Å². The van der Waals surface area contributed by atoms with Gasteiger partial charge in [0, 0.05) is 62.9 Å². The third-order valence-electron chi connectivity index (χ3n) is 7.04.